The second kappa shape index (κ2) is 44.9. The van der Waals surface area contributed by atoms with Crippen molar-refractivity contribution in [2.45, 2.75) is 245 Å². The van der Waals surface area contributed by atoms with Gasteiger partial charge in [0, 0.05) is 13.0 Å². The molecule has 0 radical (unpaired) electrons. The van der Waals surface area contributed by atoms with Gasteiger partial charge < -0.3 is 20.1 Å². The largest absolute Gasteiger partial charge is 0.498 e. The van der Waals surface area contributed by atoms with Gasteiger partial charge in [0.25, 0.3) is 0 Å². The molecule has 3 N–H and O–H groups in total. The van der Waals surface area contributed by atoms with Crippen LogP contribution in [0.5, 0.6) is 0 Å². The summed E-state index contributed by atoms with van der Waals surface area (Å²) in [5.41, 5.74) is 5.37. The molecule has 2 atom stereocenters. The van der Waals surface area contributed by atoms with Gasteiger partial charge in [-0.15, -0.1) is 0 Å². The second-order valence-corrected chi connectivity index (χ2v) is 17.5. The molecule has 0 fully saturated rings. The molecule has 0 bridgehead atoms. The van der Waals surface area contributed by atoms with E-state index >= 15 is 0 Å². The molecule has 56 heavy (non-hydrogen) atoms. The van der Waals surface area contributed by atoms with Gasteiger partial charge in [-0.1, -0.05) is 199 Å². The highest BCUT2D eigenvalue weighted by molar-refractivity contribution is 7.47. The summed E-state index contributed by atoms with van der Waals surface area (Å²) < 4.78 is 33.3. The third-order valence-corrected chi connectivity index (χ3v) is 11.4. The van der Waals surface area contributed by atoms with Crippen molar-refractivity contribution in [1.82, 2.24) is 0 Å². The Morgan fingerprint density at radius 1 is 0.536 bits per heavy atom. The molecule has 8 nitrogen and oxygen atoms in total. The van der Waals surface area contributed by atoms with E-state index in [1.165, 1.54) is 180 Å². The molecule has 0 aliphatic heterocycles. The molecule has 0 amide bonds. The van der Waals surface area contributed by atoms with Gasteiger partial charge in [0.2, 0.25) is 0 Å². The van der Waals surface area contributed by atoms with E-state index in [2.05, 4.69) is 26.0 Å². The lowest BCUT2D eigenvalue weighted by Gasteiger charge is -2.19. The maximum Gasteiger partial charge on any atom is 0.472 e. The lowest BCUT2D eigenvalue weighted by atomic mass is 10.0. The van der Waals surface area contributed by atoms with Gasteiger partial charge in [0.1, 0.15) is 6.61 Å². The van der Waals surface area contributed by atoms with Crippen LogP contribution in [0.4, 0.5) is 0 Å². The van der Waals surface area contributed by atoms with Crippen LogP contribution in [0.15, 0.2) is 24.5 Å². The smallest absolute Gasteiger partial charge is 0.472 e. The van der Waals surface area contributed by atoms with E-state index in [9.17, 15) is 14.3 Å². The number of phosphoric acid groups is 1. The predicted octanol–water partition coefficient (Wildman–Crippen LogP) is 14.8. The van der Waals surface area contributed by atoms with E-state index < -0.39 is 13.9 Å². The maximum absolute atomic E-state index is 12.6. The Hall–Kier alpha value is -1.18. The molecule has 0 aromatic heterocycles. The van der Waals surface area contributed by atoms with Crippen LogP contribution in [0.2, 0.25) is 0 Å². The molecule has 0 aromatic carbocycles. The number of ether oxygens (including phenoxy) is 2. The number of nitrogens with two attached hydrogens (primary N) is 1. The van der Waals surface area contributed by atoms with Crippen LogP contribution in [0.25, 0.3) is 0 Å². The number of phosphoric ester groups is 1. The first-order chi connectivity index (χ1) is 27.4. The molecule has 0 aliphatic carbocycles. The molecule has 0 rings (SSSR count). The second-order valence-electron chi connectivity index (χ2n) is 16.0. The fourth-order valence-electron chi connectivity index (χ4n) is 6.90. The van der Waals surface area contributed by atoms with E-state index in [4.69, 9.17) is 24.3 Å². The average Bonchev–Trinajstić information content (AvgIpc) is 3.19. The number of hydrogen-bond acceptors (Lipinski definition) is 7. The Kier molecular flexibility index (Phi) is 44.0. The van der Waals surface area contributed by atoms with Crippen molar-refractivity contribution in [2.24, 2.45) is 5.73 Å². The van der Waals surface area contributed by atoms with Crippen LogP contribution >= 0.6 is 7.82 Å². The van der Waals surface area contributed by atoms with Crippen LogP contribution in [0, 0.1) is 0 Å². The molecule has 0 spiro atoms. The number of allylic oxidation sites excluding steroid dienone is 3. The first kappa shape index (κ1) is 54.8. The molecule has 0 aliphatic rings. The summed E-state index contributed by atoms with van der Waals surface area (Å²) in [4.78, 5) is 22.5. The van der Waals surface area contributed by atoms with Gasteiger partial charge in [-0.05, 0) is 51.0 Å². The molecule has 0 saturated carbocycles. The number of esters is 1. The van der Waals surface area contributed by atoms with Crippen molar-refractivity contribution in [1.29, 1.82) is 0 Å². The number of carbonyl (C=O) groups is 1. The van der Waals surface area contributed by atoms with Crippen molar-refractivity contribution < 1.29 is 32.8 Å². The first-order valence-electron chi connectivity index (χ1n) is 23.9. The molecular formula is C47H92NO7P. The van der Waals surface area contributed by atoms with Crippen molar-refractivity contribution in [3.8, 4) is 0 Å². The van der Waals surface area contributed by atoms with Crippen molar-refractivity contribution in [3.05, 3.63) is 24.5 Å². The zero-order valence-electron chi connectivity index (χ0n) is 36.9. The number of hydrogen-bond donors (Lipinski definition) is 2. The van der Waals surface area contributed by atoms with Crippen LogP contribution < -0.4 is 5.73 Å². The summed E-state index contributed by atoms with van der Waals surface area (Å²) in [6.45, 7) is 4.26. The molecule has 9 heteroatoms. The van der Waals surface area contributed by atoms with E-state index in [0.29, 0.717) is 6.42 Å². The Labute approximate surface area is 346 Å². The lowest BCUT2D eigenvalue weighted by Crippen LogP contribution is -2.27. The van der Waals surface area contributed by atoms with Gasteiger partial charge in [-0.3, -0.25) is 13.8 Å². The van der Waals surface area contributed by atoms with E-state index in [1.54, 1.807) is 6.26 Å². The summed E-state index contributed by atoms with van der Waals surface area (Å²) in [7, 11) is -4.29. The van der Waals surface area contributed by atoms with Gasteiger partial charge in [0.05, 0.1) is 19.5 Å². The van der Waals surface area contributed by atoms with Gasteiger partial charge in [-0.25, -0.2) is 4.57 Å². The SMILES string of the molecule is CCCCCCCCC=CCCCCCCC=COC[C@H](COP(=O)(O)OCCN)OC(=O)CCCCCCCCCCCCCCCCCCCCCCC. The number of unbranched alkanes of at least 4 members (excludes halogenated alkanes) is 31. The molecule has 332 valence electrons. The topological polar surface area (TPSA) is 117 Å². The highest BCUT2D eigenvalue weighted by Gasteiger charge is 2.25. The standard InChI is InChI=1S/C47H92NO7P/c1-3-5-7-9-11-13-15-17-19-21-22-23-24-25-26-28-30-32-34-36-38-40-47(49)55-46(45-54-56(50,51)53-43-41-48)44-52-42-39-37-35-33-31-29-27-20-18-16-14-12-10-8-6-4-2/h18,20,39,42,46H,3-17,19,21-38,40-41,43-45,48H2,1-2H3,(H,50,51)/t46-/m1/s1. The zero-order chi connectivity index (χ0) is 40.9. The average molecular weight is 814 g/mol. The Morgan fingerprint density at radius 3 is 1.32 bits per heavy atom. The van der Waals surface area contributed by atoms with E-state index in [1.807, 2.05) is 6.08 Å². The fraction of sp³-hybridized carbons (Fsp3) is 0.894. The van der Waals surface area contributed by atoms with Crippen LogP contribution in [-0.4, -0.2) is 43.3 Å². The van der Waals surface area contributed by atoms with Gasteiger partial charge in [0.15, 0.2) is 6.10 Å². The molecular weight excluding hydrogens is 721 g/mol. The number of rotatable bonds is 46. The predicted molar refractivity (Wildman–Crippen MR) is 238 cm³/mol. The van der Waals surface area contributed by atoms with Crippen LogP contribution in [-0.2, 0) is 27.9 Å². The zero-order valence-corrected chi connectivity index (χ0v) is 37.8. The Balaban J connectivity index is 3.99. The molecule has 0 saturated heterocycles. The van der Waals surface area contributed by atoms with Crippen molar-refractivity contribution >= 4 is 13.8 Å². The van der Waals surface area contributed by atoms with Crippen LogP contribution in [0.3, 0.4) is 0 Å². The van der Waals surface area contributed by atoms with E-state index in [-0.39, 0.29) is 32.3 Å². The molecule has 1 unspecified atom stereocenters. The lowest BCUT2D eigenvalue weighted by molar-refractivity contribution is -0.153. The molecule has 0 heterocycles. The fourth-order valence-corrected chi connectivity index (χ4v) is 7.67. The minimum Gasteiger partial charge on any atom is -0.498 e. The maximum atomic E-state index is 12.6. The normalized spacial score (nSPS) is 13.5. The van der Waals surface area contributed by atoms with Crippen molar-refractivity contribution in [3.63, 3.8) is 0 Å². The Bertz CT molecular complexity index is 915. The van der Waals surface area contributed by atoms with Gasteiger partial charge >= 0.3 is 13.8 Å². The summed E-state index contributed by atoms with van der Waals surface area (Å²) in [6, 6.07) is 0. The summed E-state index contributed by atoms with van der Waals surface area (Å²) in [5.74, 6) is -0.350. The first-order valence-corrected chi connectivity index (χ1v) is 25.4. The minimum atomic E-state index is -4.29. The van der Waals surface area contributed by atoms with Crippen molar-refractivity contribution in [2.75, 3.05) is 26.4 Å². The summed E-state index contributed by atoms with van der Waals surface area (Å²) in [6.07, 6.45) is 51.6. The van der Waals surface area contributed by atoms with E-state index in [0.717, 1.165) is 38.5 Å². The summed E-state index contributed by atoms with van der Waals surface area (Å²) in [5, 5.41) is 0. The quantitative estimate of drug-likeness (QED) is 0.0205. The highest BCUT2D eigenvalue weighted by atomic mass is 31.2. The Morgan fingerprint density at radius 2 is 0.911 bits per heavy atom. The third kappa shape index (κ3) is 43.9. The van der Waals surface area contributed by atoms with Crippen LogP contribution in [0.1, 0.15) is 239 Å². The molecule has 0 aromatic rings. The van der Waals surface area contributed by atoms with Gasteiger partial charge in [-0.2, -0.15) is 0 Å². The third-order valence-electron chi connectivity index (χ3n) is 10.4. The minimum absolute atomic E-state index is 0.0313. The monoisotopic (exact) mass is 814 g/mol. The number of carbonyl (C=O) groups excluding carboxylic acids is 1. The highest BCUT2D eigenvalue weighted by Crippen LogP contribution is 2.43. The summed E-state index contributed by atoms with van der Waals surface area (Å²) >= 11 is 0.